The third-order valence-corrected chi connectivity index (χ3v) is 6.24. The molecule has 1 aliphatic rings. The molecule has 1 unspecified atom stereocenters. The Morgan fingerprint density at radius 1 is 1.37 bits per heavy atom. The highest BCUT2D eigenvalue weighted by atomic mass is 35.6. The number of thiocarbonyl (C=S) groups is 1. The van der Waals surface area contributed by atoms with Gasteiger partial charge in [0.2, 0.25) is 3.79 Å². The molecule has 1 amide bonds. The molecule has 3 atom stereocenters. The number of rotatable bonds is 7. The maximum absolute atomic E-state index is 12.3. The van der Waals surface area contributed by atoms with Gasteiger partial charge in [-0.1, -0.05) is 65.7 Å². The van der Waals surface area contributed by atoms with Crippen LogP contribution in [0.1, 0.15) is 13.8 Å². The minimum Gasteiger partial charge on any atom is -0.430 e. The minimum atomic E-state index is -1.79. The highest BCUT2D eigenvalue weighted by Crippen LogP contribution is 2.41. The summed E-state index contributed by atoms with van der Waals surface area (Å²) in [6.45, 7) is 2.89. The molecule has 1 rings (SSSR count). The van der Waals surface area contributed by atoms with E-state index in [1.54, 1.807) is 0 Å². The van der Waals surface area contributed by atoms with Crippen LogP contribution in [0.3, 0.4) is 0 Å². The van der Waals surface area contributed by atoms with Gasteiger partial charge in [0.1, 0.15) is 33.4 Å². The molecule has 1 fully saturated rings. The summed E-state index contributed by atoms with van der Waals surface area (Å²) in [5.41, 5.74) is 0. The van der Waals surface area contributed by atoms with E-state index in [0.29, 0.717) is 3.53 Å². The SMILES string of the molecule is CCSC(=S)S[C@@H]1[C@@H](C(C)OC(=O)OCC(Cl)(Cl)Cl)C(=O)N1OC(=O)CCl. The Morgan fingerprint density at radius 2 is 2.00 bits per heavy atom. The predicted octanol–water partition coefficient (Wildman–Crippen LogP) is 4.15. The summed E-state index contributed by atoms with van der Waals surface area (Å²) >= 11 is 29.6. The Morgan fingerprint density at radius 3 is 2.52 bits per heavy atom. The van der Waals surface area contributed by atoms with Gasteiger partial charge in [-0.25, -0.2) is 9.59 Å². The molecule has 0 radical (unpaired) electrons. The molecule has 0 saturated carbocycles. The topological polar surface area (TPSA) is 82.1 Å². The number of hydrogen-bond acceptors (Lipinski definition) is 9. The van der Waals surface area contributed by atoms with E-state index in [2.05, 4.69) is 4.74 Å². The quantitative estimate of drug-likeness (QED) is 0.213. The van der Waals surface area contributed by atoms with E-state index in [1.807, 2.05) is 6.92 Å². The van der Waals surface area contributed by atoms with E-state index >= 15 is 0 Å². The smallest absolute Gasteiger partial charge is 0.430 e. The molecule has 1 saturated heterocycles. The number of ether oxygens (including phenoxy) is 2. The molecular weight excluding hydrogens is 504 g/mol. The van der Waals surface area contributed by atoms with Gasteiger partial charge in [-0.05, 0) is 12.7 Å². The van der Waals surface area contributed by atoms with Crippen LogP contribution in [0.5, 0.6) is 0 Å². The number of alkyl halides is 4. The Hall–Kier alpha value is 0.160. The van der Waals surface area contributed by atoms with Crippen molar-refractivity contribution < 1.29 is 28.7 Å². The molecule has 14 heteroatoms. The average molecular weight is 519 g/mol. The van der Waals surface area contributed by atoms with Gasteiger partial charge in [0.15, 0.2) is 0 Å². The minimum absolute atomic E-state index is 0.421. The first-order valence-electron chi connectivity index (χ1n) is 7.33. The number of carbonyl (C=O) groups is 3. The van der Waals surface area contributed by atoms with Crippen LogP contribution in [-0.4, -0.2) is 60.1 Å². The molecule has 0 aromatic heterocycles. The molecule has 0 N–H and O–H groups in total. The summed E-state index contributed by atoms with van der Waals surface area (Å²) in [5.74, 6) is -1.85. The molecule has 0 aromatic carbocycles. The zero-order chi connectivity index (χ0) is 20.8. The second kappa shape index (κ2) is 11.4. The van der Waals surface area contributed by atoms with E-state index in [9.17, 15) is 14.4 Å². The lowest BCUT2D eigenvalue weighted by Crippen LogP contribution is -2.63. The van der Waals surface area contributed by atoms with Crippen LogP contribution in [0.15, 0.2) is 0 Å². The number of β-lactam (4-membered cyclic amide) rings is 1. The van der Waals surface area contributed by atoms with Crippen LogP contribution in [0, 0.1) is 5.92 Å². The second-order valence-corrected chi connectivity index (χ2v) is 11.3. The Labute approximate surface area is 189 Å². The number of thioether (sulfide) groups is 2. The van der Waals surface area contributed by atoms with Crippen molar-refractivity contribution in [1.82, 2.24) is 5.06 Å². The number of amides is 1. The van der Waals surface area contributed by atoms with Crippen molar-refractivity contribution in [2.45, 2.75) is 29.1 Å². The molecule has 0 aromatic rings. The molecule has 0 aliphatic carbocycles. The lowest BCUT2D eigenvalue weighted by molar-refractivity contribution is -0.231. The fourth-order valence-corrected chi connectivity index (χ4v) is 4.84. The third-order valence-electron chi connectivity index (χ3n) is 2.97. The van der Waals surface area contributed by atoms with Crippen LogP contribution in [0.25, 0.3) is 0 Å². The maximum Gasteiger partial charge on any atom is 0.508 e. The highest BCUT2D eigenvalue weighted by Gasteiger charge is 2.55. The summed E-state index contributed by atoms with van der Waals surface area (Å²) < 4.78 is 8.48. The van der Waals surface area contributed by atoms with Crippen molar-refractivity contribution in [3.8, 4) is 0 Å². The van der Waals surface area contributed by atoms with Gasteiger partial charge in [0.25, 0.3) is 5.91 Å². The van der Waals surface area contributed by atoms with Crippen molar-refractivity contribution in [1.29, 1.82) is 0 Å². The van der Waals surface area contributed by atoms with Crippen molar-refractivity contribution in [3.63, 3.8) is 0 Å². The maximum atomic E-state index is 12.3. The molecule has 27 heavy (non-hydrogen) atoms. The zero-order valence-corrected chi connectivity index (χ0v) is 19.5. The van der Waals surface area contributed by atoms with E-state index in [1.165, 1.54) is 18.7 Å². The van der Waals surface area contributed by atoms with Crippen LogP contribution in [0.4, 0.5) is 4.79 Å². The normalized spacial score (nSPS) is 20.5. The summed E-state index contributed by atoms with van der Waals surface area (Å²) in [4.78, 5) is 40.4. The molecule has 1 aliphatic heterocycles. The van der Waals surface area contributed by atoms with Gasteiger partial charge in [-0.15, -0.1) is 23.4 Å². The van der Waals surface area contributed by atoms with Crippen LogP contribution >= 0.6 is 82.1 Å². The molecule has 0 bridgehead atoms. The average Bonchev–Trinajstić information content (AvgIpc) is 2.56. The predicted molar refractivity (Wildman–Crippen MR) is 111 cm³/mol. The van der Waals surface area contributed by atoms with Crippen molar-refractivity contribution >= 4 is 104 Å². The van der Waals surface area contributed by atoms with E-state index in [0.717, 1.165) is 22.6 Å². The summed E-state index contributed by atoms with van der Waals surface area (Å²) in [6.07, 6.45) is -2.01. The first-order chi connectivity index (χ1) is 12.5. The Bertz CT molecular complexity index is 591. The lowest BCUT2D eigenvalue weighted by Gasteiger charge is -2.45. The number of hydroxylamine groups is 2. The van der Waals surface area contributed by atoms with Crippen molar-refractivity contribution in [2.24, 2.45) is 5.92 Å². The third kappa shape index (κ3) is 8.20. The van der Waals surface area contributed by atoms with Gasteiger partial charge < -0.3 is 14.3 Å². The second-order valence-electron chi connectivity index (χ2n) is 4.95. The zero-order valence-electron chi connectivity index (χ0n) is 14.0. The van der Waals surface area contributed by atoms with Gasteiger partial charge in [-0.3, -0.25) is 4.79 Å². The lowest BCUT2D eigenvalue weighted by atomic mass is 9.95. The Balaban J connectivity index is 2.76. The molecular formula is C13H15Cl4NO6S3. The molecule has 154 valence electrons. The molecule has 1 heterocycles. The van der Waals surface area contributed by atoms with Gasteiger partial charge in [0, 0.05) is 0 Å². The van der Waals surface area contributed by atoms with Crippen LogP contribution in [0.2, 0.25) is 0 Å². The van der Waals surface area contributed by atoms with Gasteiger partial charge in [-0.2, -0.15) is 5.06 Å². The molecule has 7 nitrogen and oxygen atoms in total. The fourth-order valence-electron chi connectivity index (χ4n) is 1.89. The summed E-state index contributed by atoms with van der Waals surface area (Å²) in [6, 6.07) is 0. The largest absolute Gasteiger partial charge is 0.508 e. The van der Waals surface area contributed by atoms with Crippen LogP contribution in [-0.2, 0) is 23.9 Å². The standard InChI is InChI=1S/C13H15Cl4NO6S3/c1-3-26-12(25)27-10-8(9(20)18(10)24-7(19)4-14)6(2)23-11(21)22-5-13(15,16)17/h6,8,10H,3-5H2,1-2H3/t6?,8-,10+/m0/s1. The number of hydrogen-bond donors (Lipinski definition) is 0. The van der Waals surface area contributed by atoms with Crippen molar-refractivity contribution in [3.05, 3.63) is 0 Å². The molecule has 0 spiro atoms. The van der Waals surface area contributed by atoms with E-state index in [-0.39, 0.29) is 0 Å². The van der Waals surface area contributed by atoms with Crippen molar-refractivity contribution in [2.75, 3.05) is 18.2 Å². The van der Waals surface area contributed by atoms with E-state index in [4.69, 9.17) is 68.2 Å². The Kier molecular flexibility index (Phi) is 10.6. The summed E-state index contributed by atoms with van der Waals surface area (Å²) in [5, 5.41) is 0.196. The highest BCUT2D eigenvalue weighted by molar-refractivity contribution is 8.47. The number of halogens is 4. The van der Waals surface area contributed by atoms with Crippen LogP contribution < -0.4 is 0 Å². The van der Waals surface area contributed by atoms with Gasteiger partial charge >= 0.3 is 12.1 Å². The van der Waals surface area contributed by atoms with Gasteiger partial charge in [0.05, 0.1) is 0 Å². The van der Waals surface area contributed by atoms with E-state index < -0.39 is 51.7 Å². The monoisotopic (exact) mass is 517 g/mol. The fraction of sp³-hybridized carbons (Fsp3) is 0.692. The first-order valence-corrected chi connectivity index (χ1v) is 11.3. The number of carbonyl (C=O) groups excluding carboxylic acids is 3. The summed E-state index contributed by atoms with van der Waals surface area (Å²) in [7, 11) is 0. The first kappa shape index (κ1) is 25.2. The number of nitrogens with zero attached hydrogens (tertiary/aromatic N) is 1.